The molecule has 0 radical (unpaired) electrons. The van der Waals surface area contributed by atoms with E-state index in [0.29, 0.717) is 23.1 Å². The van der Waals surface area contributed by atoms with Gasteiger partial charge in [-0.3, -0.25) is 9.59 Å². The Morgan fingerprint density at radius 3 is 2.58 bits per heavy atom. The number of methoxy groups -OCH3 is 1. The summed E-state index contributed by atoms with van der Waals surface area (Å²) in [7, 11) is 1.44. The zero-order valence-electron chi connectivity index (χ0n) is 14.2. The number of para-hydroxylation sites is 1. The second kappa shape index (κ2) is 8.70. The normalized spacial score (nSPS) is 11.0. The van der Waals surface area contributed by atoms with Gasteiger partial charge in [0, 0.05) is 11.8 Å². The fourth-order valence-corrected chi connectivity index (χ4v) is 2.10. The molecular formula is C18H17F2N3O3. The fourth-order valence-electron chi connectivity index (χ4n) is 2.10. The van der Waals surface area contributed by atoms with Crippen LogP contribution >= 0.6 is 0 Å². The predicted octanol–water partition coefficient (Wildman–Crippen LogP) is 3.11. The van der Waals surface area contributed by atoms with E-state index in [-0.39, 0.29) is 12.1 Å². The van der Waals surface area contributed by atoms with Gasteiger partial charge in [-0.2, -0.15) is 5.10 Å². The summed E-state index contributed by atoms with van der Waals surface area (Å²) in [5.74, 6) is -2.27. The Labute approximate surface area is 148 Å². The van der Waals surface area contributed by atoms with Crippen LogP contribution in [0.3, 0.4) is 0 Å². The lowest BCUT2D eigenvalue weighted by atomic mass is 10.2. The van der Waals surface area contributed by atoms with Crippen molar-refractivity contribution in [3.63, 3.8) is 0 Å². The predicted molar refractivity (Wildman–Crippen MR) is 93.2 cm³/mol. The second-order valence-electron chi connectivity index (χ2n) is 5.34. The first-order chi connectivity index (χ1) is 12.4. The summed E-state index contributed by atoms with van der Waals surface area (Å²) in [4.78, 5) is 24.0. The topological polar surface area (TPSA) is 79.8 Å². The number of halogens is 2. The first-order valence-electron chi connectivity index (χ1n) is 7.62. The number of benzene rings is 2. The van der Waals surface area contributed by atoms with Gasteiger partial charge in [0.15, 0.2) is 0 Å². The number of hydrogen-bond acceptors (Lipinski definition) is 4. The van der Waals surface area contributed by atoms with Gasteiger partial charge in [-0.1, -0.05) is 12.1 Å². The maximum absolute atomic E-state index is 13.5. The van der Waals surface area contributed by atoms with Gasteiger partial charge in [0.25, 0.3) is 5.91 Å². The number of nitrogens with zero attached hydrogens (tertiary/aromatic N) is 1. The summed E-state index contributed by atoms with van der Waals surface area (Å²) in [5, 5.41) is 6.15. The van der Waals surface area contributed by atoms with Crippen LogP contribution in [0.1, 0.15) is 23.7 Å². The Balaban J connectivity index is 1.95. The van der Waals surface area contributed by atoms with Crippen molar-refractivity contribution >= 4 is 23.2 Å². The summed E-state index contributed by atoms with van der Waals surface area (Å²) >= 11 is 0. The highest BCUT2D eigenvalue weighted by molar-refractivity contribution is 6.06. The lowest BCUT2D eigenvalue weighted by Crippen LogP contribution is -2.22. The Morgan fingerprint density at radius 1 is 1.15 bits per heavy atom. The van der Waals surface area contributed by atoms with E-state index in [2.05, 4.69) is 15.8 Å². The molecule has 2 amide bonds. The largest absolute Gasteiger partial charge is 0.496 e. The first kappa shape index (κ1) is 19.0. The molecule has 0 aliphatic heterocycles. The number of carbonyl (C=O) groups is 2. The fraction of sp³-hybridized carbons (Fsp3) is 0.167. The summed E-state index contributed by atoms with van der Waals surface area (Å²) < 4.78 is 31.4. The minimum atomic E-state index is -0.877. The van der Waals surface area contributed by atoms with E-state index in [1.165, 1.54) is 14.0 Å². The van der Waals surface area contributed by atoms with Crippen LogP contribution < -0.4 is 15.5 Å². The van der Waals surface area contributed by atoms with Crippen molar-refractivity contribution in [1.82, 2.24) is 5.43 Å². The van der Waals surface area contributed by atoms with Gasteiger partial charge in [-0.15, -0.1) is 0 Å². The SMILES string of the molecule is COc1ccccc1C(=O)N/N=C(\C)CC(=O)Nc1ccc(F)cc1F. The van der Waals surface area contributed by atoms with Gasteiger partial charge in [-0.25, -0.2) is 14.2 Å². The third-order valence-corrected chi connectivity index (χ3v) is 3.32. The molecule has 0 spiro atoms. The Kier molecular flexibility index (Phi) is 6.37. The van der Waals surface area contributed by atoms with Crippen LogP contribution in [-0.2, 0) is 4.79 Å². The highest BCUT2D eigenvalue weighted by Gasteiger charge is 2.12. The van der Waals surface area contributed by atoms with Crippen molar-refractivity contribution in [1.29, 1.82) is 0 Å². The van der Waals surface area contributed by atoms with Crippen molar-refractivity contribution in [2.75, 3.05) is 12.4 Å². The summed E-state index contributed by atoms with van der Waals surface area (Å²) in [6, 6.07) is 9.44. The molecule has 2 aromatic rings. The molecule has 2 aromatic carbocycles. The van der Waals surface area contributed by atoms with Crippen LogP contribution in [0.5, 0.6) is 5.75 Å². The van der Waals surface area contributed by atoms with E-state index in [1.807, 2.05) is 0 Å². The number of hydrazone groups is 1. The van der Waals surface area contributed by atoms with Crippen molar-refractivity contribution < 1.29 is 23.1 Å². The van der Waals surface area contributed by atoms with Crippen LogP contribution in [0.15, 0.2) is 47.6 Å². The van der Waals surface area contributed by atoms with Gasteiger partial charge in [0.05, 0.1) is 24.8 Å². The van der Waals surface area contributed by atoms with Crippen molar-refractivity contribution in [2.24, 2.45) is 5.10 Å². The summed E-state index contributed by atoms with van der Waals surface area (Å²) in [6.07, 6.45) is -0.178. The number of rotatable bonds is 6. The number of anilines is 1. The molecule has 0 heterocycles. The molecule has 6 nitrogen and oxygen atoms in total. The molecule has 0 bridgehead atoms. The number of amides is 2. The zero-order chi connectivity index (χ0) is 19.1. The third-order valence-electron chi connectivity index (χ3n) is 3.32. The molecule has 26 heavy (non-hydrogen) atoms. The molecule has 0 unspecified atom stereocenters. The number of nitrogens with one attached hydrogen (secondary N) is 2. The molecule has 0 fully saturated rings. The minimum absolute atomic E-state index is 0.137. The molecule has 0 aliphatic rings. The first-order valence-corrected chi connectivity index (χ1v) is 7.62. The number of carbonyl (C=O) groups excluding carboxylic acids is 2. The highest BCUT2D eigenvalue weighted by Crippen LogP contribution is 2.17. The summed E-state index contributed by atoms with van der Waals surface area (Å²) in [5.41, 5.74) is 2.79. The molecule has 0 aliphatic carbocycles. The van der Waals surface area contributed by atoms with E-state index in [4.69, 9.17) is 4.74 Å². The lowest BCUT2D eigenvalue weighted by Gasteiger charge is -2.08. The smallest absolute Gasteiger partial charge is 0.275 e. The molecule has 2 rings (SSSR count). The monoisotopic (exact) mass is 361 g/mol. The van der Waals surface area contributed by atoms with Crippen molar-refractivity contribution in [3.05, 3.63) is 59.7 Å². The number of hydrogen-bond donors (Lipinski definition) is 2. The van der Waals surface area contributed by atoms with Gasteiger partial charge < -0.3 is 10.1 Å². The van der Waals surface area contributed by atoms with Crippen LogP contribution in [0, 0.1) is 11.6 Å². The molecular weight excluding hydrogens is 344 g/mol. The molecule has 0 saturated carbocycles. The highest BCUT2D eigenvalue weighted by atomic mass is 19.1. The molecule has 0 saturated heterocycles. The maximum Gasteiger partial charge on any atom is 0.275 e. The van der Waals surface area contributed by atoms with Crippen molar-refractivity contribution in [2.45, 2.75) is 13.3 Å². The average molecular weight is 361 g/mol. The molecule has 0 atom stereocenters. The molecule has 2 N–H and O–H groups in total. The Hall–Kier alpha value is -3.29. The van der Waals surface area contributed by atoms with Crippen LogP contribution in [0.25, 0.3) is 0 Å². The van der Waals surface area contributed by atoms with Crippen LogP contribution in [-0.4, -0.2) is 24.6 Å². The van der Waals surface area contributed by atoms with E-state index in [0.717, 1.165) is 12.1 Å². The Bertz CT molecular complexity index is 853. The van der Waals surface area contributed by atoms with Crippen LogP contribution in [0.2, 0.25) is 0 Å². The quantitative estimate of drug-likeness (QED) is 0.613. The maximum atomic E-state index is 13.5. The van der Waals surface area contributed by atoms with E-state index in [9.17, 15) is 18.4 Å². The second-order valence-corrected chi connectivity index (χ2v) is 5.34. The standard InChI is InChI=1S/C18H17F2N3O3/c1-11(9-17(24)21-15-8-7-12(19)10-14(15)20)22-23-18(25)13-5-3-4-6-16(13)26-2/h3-8,10H,9H2,1-2H3,(H,21,24)(H,23,25)/b22-11+. The van der Waals surface area contributed by atoms with E-state index < -0.39 is 23.4 Å². The van der Waals surface area contributed by atoms with Crippen molar-refractivity contribution in [3.8, 4) is 5.75 Å². The number of ether oxygens (including phenoxy) is 1. The lowest BCUT2D eigenvalue weighted by molar-refractivity contribution is -0.115. The molecule has 0 aromatic heterocycles. The van der Waals surface area contributed by atoms with Crippen LogP contribution in [0.4, 0.5) is 14.5 Å². The van der Waals surface area contributed by atoms with E-state index >= 15 is 0 Å². The summed E-state index contributed by atoms with van der Waals surface area (Å²) in [6.45, 7) is 1.53. The van der Waals surface area contributed by atoms with Gasteiger partial charge >= 0.3 is 0 Å². The molecule has 8 heteroatoms. The minimum Gasteiger partial charge on any atom is -0.496 e. The van der Waals surface area contributed by atoms with E-state index in [1.54, 1.807) is 24.3 Å². The average Bonchev–Trinajstić information content (AvgIpc) is 2.62. The Morgan fingerprint density at radius 2 is 1.88 bits per heavy atom. The van der Waals surface area contributed by atoms with Gasteiger partial charge in [0.2, 0.25) is 5.91 Å². The zero-order valence-corrected chi connectivity index (χ0v) is 14.2. The third kappa shape index (κ3) is 5.10. The van der Waals surface area contributed by atoms with Gasteiger partial charge in [0.1, 0.15) is 17.4 Å². The van der Waals surface area contributed by atoms with Gasteiger partial charge in [-0.05, 0) is 31.2 Å². The molecule has 136 valence electrons.